The van der Waals surface area contributed by atoms with Gasteiger partial charge in [-0.1, -0.05) is 18.2 Å². The number of nitrogens with zero attached hydrogens (tertiary/aromatic N) is 2. The molecule has 2 fully saturated rings. The Hall–Kier alpha value is -3.30. The van der Waals surface area contributed by atoms with Crippen LogP contribution in [0.2, 0.25) is 0 Å². The molecule has 5 rings (SSSR count). The fourth-order valence-corrected chi connectivity index (χ4v) is 5.74. The molecule has 38 heavy (non-hydrogen) atoms. The average Bonchev–Trinajstić information content (AvgIpc) is 2.84. The number of carbonyl (C=O) groups excluding carboxylic acids is 2. The lowest BCUT2D eigenvalue weighted by Crippen LogP contribution is -2.54. The van der Waals surface area contributed by atoms with E-state index in [4.69, 9.17) is 0 Å². The van der Waals surface area contributed by atoms with Crippen LogP contribution < -0.4 is 5.32 Å². The molecule has 2 aliphatic heterocycles. The summed E-state index contributed by atoms with van der Waals surface area (Å²) in [6.45, 7) is 5.12. The molecule has 2 aromatic carbocycles. The SMILES string of the molecule is CC1(C)CC(O)(c2ccc3ncc(C4CCC(=O)NC4=O)cc3c2)CCN1Cc1ccc(C(F)(F)F)cc1. The normalized spacial score (nSPS) is 24.4. The summed E-state index contributed by atoms with van der Waals surface area (Å²) in [5.74, 6) is -1.03. The second-order valence-corrected chi connectivity index (χ2v) is 11.1. The van der Waals surface area contributed by atoms with E-state index in [-0.39, 0.29) is 18.2 Å². The zero-order valence-electron chi connectivity index (χ0n) is 21.3. The summed E-state index contributed by atoms with van der Waals surface area (Å²) >= 11 is 0. The lowest BCUT2D eigenvalue weighted by molar-refractivity contribution is -0.138. The highest BCUT2D eigenvalue weighted by atomic mass is 19.4. The van der Waals surface area contributed by atoms with Crippen LogP contribution >= 0.6 is 0 Å². The largest absolute Gasteiger partial charge is 0.416 e. The summed E-state index contributed by atoms with van der Waals surface area (Å²) in [6, 6.07) is 12.8. The van der Waals surface area contributed by atoms with Crippen LogP contribution in [0.5, 0.6) is 0 Å². The van der Waals surface area contributed by atoms with Crippen LogP contribution in [0.3, 0.4) is 0 Å². The van der Waals surface area contributed by atoms with Crippen LogP contribution in [0.4, 0.5) is 13.2 Å². The molecular formula is C29H30F3N3O3. The Morgan fingerprint density at radius 3 is 2.50 bits per heavy atom. The molecule has 3 aromatic rings. The number of nitrogens with one attached hydrogen (secondary N) is 1. The van der Waals surface area contributed by atoms with Gasteiger partial charge >= 0.3 is 6.18 Å². The lowest BCUT2D eigenvalue weighted by Gasteiger charge is -2.49. The molecular weight excluding hydrogens is 495 g/mol. The number of pyridine rings is 1. The number of fused-ring (bicyclic) bond motifs is 1. The molecule has 9 heteroatoms. The number of aromatic nitrogens is 1. The number of carbonyl (C=O) groups is 2. The molecule has 0 bridgehead atoms. The highest BCUT2D eigenvalue weighted by Gasteiger charge is 2.44. The zero-order chi connectivity index (χ0) is 27.3. The summed E-state index contributed by atoms with van der Waals surface area (Å²) < 4.78 is 38.8. The minimum Gasteiger partial charge on any atom is -0.385 e. The minimum absolute atomic E-state index is 0.267. The van der Waals surface area contributed by atoms with Gasteiger partial charge < -0.3 is 5.11 Å². The Morgan fingerprint density at radius 2 is 1.84 bits per heavy atom. The van der Waals surface area contributed by atoms with Crippen molar-refractivity contribution in [2.75, 3.05) is 6.54 Å². The number of piperidine rings is 2. The summed E-state index contributed by atoms with van der Waals surface area (Å²) in [7, 11) is 0. The molecule has 6 nitrogen and oxygen atoms in total. The van der Waals surface area contributed by atoms with E-state index in [9.17, 15) is 27.9 Å². The van der Waals surface area contributed by atoms with E-state index >= 15 is 0 Å². The molecule has 2 saturated heterocycles. The Kier molecular flexibility index (Phi) is 6.55. The number of rotatable bonds is 4. The third-order valence-corrected chi connectivity index (χ3v) is 7.91. The molecule has 0 radical (unpaired) electrons. The van der Waals surface area contributed by atoms with Gasteiger partial charge in [-0.2, -0.15) is 13.2 Å². The average molecular weight is 526 g/mol. The van der Waals surface area contributed by atoms with Gasteiger partial charge in [0.1, 0.15) is 0 Å². The topological polar surface area (TPSA) is 82.5 Å². The number of alkyl halides is 3. The second kappa shape index (κ2) is 9.47. The van der Waals surface area contributed by atoms with Crippen molar-refractivity contribution in [2.24, 2.45) is 0 Å². The van der Waals surface area contributed by atoms with Crippen LogP contribution in [-0.2, 0) is 27.9 Å². The highest BCUT2D eigenvalue weighted by molar-refractivity contribution is 6.01. The van der Waals surface area contributed by atoms with E-state index in [1.165, 1.54) is 12.1 Å². The minimum atomic E-state index is -4.36. The molecule has 0 spiro atoms. The molecule has 2 N–H and O–H groups in total. The van der Waals surface area contributed by atoms with E-state index in [0.29, 0.717) is 32.4 Å². The predicted octanol–water partition coefficient (Wildman–Crippen LogP) is 5.04. The fourth-order valence-electron chi connectivity index (χ4n) is 5.74. The number of halogens is 3. The van der Waals surface area contributed by atoms with Gasteiger partial charge in [-0.15, -0.1) is 0 Å². The van der Waals surface area contributed by atoms with Crippen molar-refractivity contribution in [3.63, 3.8) is 0 Å². The number of benzene rings is 2. The fraction of sp³-hybridized carbons (Fsp3) is 0.414. The van der Waals surface area contributed by atoms with Crippen LogP contribution in [0.25, 0.3) is 10.9 Å². The standard InChI is InChI=1S/C29H30F3N3O3/c1-27(2)17-28(38,11-12-35(27)16-18-3-5-21(6-4-18)29(30,31)32)22-7-9-24-19(14-22)13-20(15-33-24)23-8-10-25(36)34-26(23)37/h3-7,9,13-15,23,38H,8,10-12,16-17H2,1-2H3,(H,34,36,37). The lowest BCUT2D eigenvalue weighted by atomic mass is 9.75. The summed E-state index contributed by atoms with van der Waals surface area (Å²) in [6.07, 6.45) is -1.08. The first-order valence-corrected chi connectivity index (χ1v) is 12.7. The first-order valence-electron chi connectivity index (χ1n) is 12.7. The summed E-state index contributed by atoms with van der Waals surface area (Å²) in [5, 5.41) is 15.0. The molecule has 0 aliphatic carbocycles. The van der Waals surface area contributed by atoms with Crippen molar-refractivity contribution in [1.82, 2.24) is 15.2 Å². The third kappa shape index (κ3) is 5.17. The van der Waals surface area contributed by atoms with Crippen molar-refractivity contribution in [2.45, 2.75) is 69.3 Å². The zero-order valence-corrected chi connectivity index (χ0v) is 21.3. The van der Waals surface area contributed by atoms with Crippen molar-refractivity contribution >= 4 is 22.7 Å². The molecule has 2 amide bonds. The monoisotopic (exact) mass is 525 g/mol. The van der Waals surface area contributed by atoms with Crippen molar-refractivity contribution in [1.29, 1.82) is 0 Å². The number of hydrogen-bond acceptors (Lipinski definition) is 5. The quantitative estimate of drug-likeness (QED) is 0.467. The number of amides is 2. The molecule has 1 aromatic heterocycles. The van der Waals surface area contributed by atoms with Gasteiger partial charge in [0.05, 0.1) is 22.6 Å². The van der Waals surface area contributed by atoms with Gasteiger partial charge in [0, 0.05) is 36.6 Å². The number of imide groups is 1. The van der Waals surface area contributed by atoms with Gasteiger partial charge in [-0.25, -0.2) is 0 Å². The Bertz CT molecular complexity index is 1390. The number of likely N-dealkylation sites (tertiary alicyclic amines) is 1. The van der Waals surface area contributed by atoms with E-state index in [2.05, 4.69) is 15.2 Å². The van der Waals surface area contributed by atoms with E-state index in [1.54, 1.807) is 6.20 Å². The van der Waals surface area contributed by atoms with E-state index < -0.39 is 28.8 Å². The van der Waals surface area contributed by atoms with Crippen LogP contribution in [0.1, 0.15) is 67.7 Å². The van der Waals surface area contributed by atoms with Gasteiger partial charge in [0.25, 0.3) is 0 Å². The molecule has 2 aliphatic rings. The van der Waals surface area contributed by atoms with E-state index in [0.717, 1.165) is 39.7 Å². The Labute approximate surface area is 218 Å². The maximum absolute atomic E-state index is 12.9. The third-order valence-electron chi connectivity index (χ3n) is 7.91. The van der Waals surface area contributed by atoms with Crippen LogP contribution in [0.15, 0.2) is 54.7 Å². The van der Waals surface area contributed by atoms with E-state index in [1.807, 2.05) is 38.1 Å². The van der Waals surface area contributed by atoms with Crippen molar-refractivity contribution in [3.8, 4) is 0 Å². The number of hydrogen-bond donors (Lipinski definition) is 2. The first-order chi connectivity index (χ1) is 17.8. The maximum Gasteiger partial charge on any atom is 0.416 e. The smallest absolute Gasteiger partial charge is 0.385 e. The molecule has 200 valence electrons. The predicted molar refractivity (Wildman–Crippen MR) is 136 cm³/mol. The Balaban J connectivity index is 1.35. The Morgan fingerprint density at radius 1 is 1.11 bits per heavy atom. The maximum atomic E-state index is 12.9. The van der Waals surface area contributed by atoms with Gasteiger partial charge in [0.2, 0.25) is 11.8 Å². The summed E-state index contributed by atoms with van der Waals surface area (Å²) in [4.78, 5) is 30.6. The molecule has 2 unspecified atom stereocenters. The van der Waals surface area contributed by atoms with Crippen LogP contribution in [0, 0.1) is 0 Å². The van der Waals surface area contributed by atoms with Gasteiger partial charge in [0.15, 0.2) is 0 Å². The molecule has 0 saturated carbocycles. The number of aliphatic hydroxyl groups is 1. The van der Waals surface area contributed by atoms with Crippen molar-refractivity contribution < 1.29 is 27.9 Å². The first kappa shape index (κ1) is 26.3. The molecule has 2 atom stereocenters. The van der Waals surface area contributed by atoms with Crippen LogP contribution in [-0.4, -0.2) is 38.9 Å². The summed E-state index contributed by atoms with van der Waals surface area (Å²) in [5.41, 5.74) is 0.839. The molecule has 3 heterocycles. The van der Waals surface area contributed by atoms with Crippen molar-refractivity contribution in [3.05, 3.63) is 77.0 Å². The highest BCUT2D eigenvalue weighted by Crippen LogP contribution is 2.42. The second-order valence-electron chi connectivity index (χ2n) is 11.1. The van der Waals surface area contributed by atoms with Gasteiger partial charge in [-0.05, 0) is 80.1 Å². The van der Waals surface area contributed by atoms with Gasteiger partial charge in [-0.3, -0.25) is 24.8 Å².